The first-order valence-electron chi connectivity index (χ1n) is 6.30. The van der Waals surface area contributed by atoms with Crippen LogP contribution in [0.2, 0.25) is 0 Å². The van der Waals surface area contributed by atoms with Crippen LogP contribution in [0.3, 0.4) is 0 Å². The minimum atomic E-state index is 0.716. The quantitative estimate of drug-likeness (QED) is 0.843. The molecule has 1 saturated heterocycles. The number of hydrogen-bond acceptors (Lipinski definition) is 2. The molecule has 0 unspecified atom stereocenters. The molecule has 2 aliphatic carbocycles. The number of rotatable bonds is 2. The number of aromatic nitrogens is 2. The van der Waals surface area contributed by atoms with Gasteiger partial charge in [0, 0.05) is 11.6 Å². The van der Waals surface area contributed by atoms with Crippen LogP contribution >= 0.6 is 22.6 Å². The highest BCUT2D eigenvalue weighted by molar-refractivity contribution is 14.1. The molecule has 0 aromatic carbocycles. The monoisotopic (exact) mass is 329 g/mol. The Bertz CT molecular complexity index is 414. The molecule has 3 fully saturated rings. The SMILES string of the molecule is Ic1cc([C@H]2[C@@H]3CNC[C@@H]32)n(C2CCC2)n1. The zero-order valence-electron chi connectivity index (χ0n) is 9.19. The average molecular weight is 329 g/mol. The Labute approximate surface area is 109 Å². The van der Waals surface area contributed by atoms with E-state index in [1.54, 1.807) is 0 Å². The second kappa shape index (κ2) is 3.45. The van der Waals surface area contributed by atoms with Gasteiger partial charge in [-0.3, -0.25) is 4.68 Å². The van der Waals surface area contributed by atoms with Gasteiger partial charge in [0.1, 0.15) is 3.70 Å². The summed E-state index contributed by atoms with van der Waals surface area (Å²) in [4.78, 5) is 0. The van der Waals surface area contributed by atoms with E-state index in [0.29, 0.717) is 6.04 Å². The molecule has 0 amide bonds. The van der Waals surface area contributed by atoms with Gasteiger partial charge < -0.3 is 5.32 Å². The third-order valence-electron chi connectivity index (χ3n) is 4.59. The van der Waals surface area contributed by atoms with E-state index >= 15 is 0 Å². The third kappa shape index (κ3) is 1.32. The lowest BCUT2D eigenvalue weighted by Crippen LogP contribution is -2.22. The summed E-state index contributed by atoms with van der Waals surface area (Å²) in [6.45, 7) is 2.45. The van der Waals surface area contributed by atoms with Gasteiger partial charge in [0.2, 0.25) is 0 Å². The van der Waals surface area contributed by atoms with Crippen molar-refractivity contribution in [2.45, 2.75) is 31.2 Å². The standard InChI is InChI=1S/C12H16IN3/c13-11-4-10(12-8-5-14-6-9(8)12)16(15-11)7-2-1-3-7/h4,7-9,12,14H,1-3,5-6H2/t8-,9+,12+. The number of nitrogens with one attached hydrogen (secondary N) is 1. The molecular formula is C12H16IN3. The summed E-state index contributed by atoms with van der Waals surface area (Å²) in [6, 6.07) is 3.04. The molecule has 3 nitrogen and oxygen atoms in total. The van der Waals surface area contributed by atoms with Gasteiger partial charge in [0.05, 0.1) is 6.04 Å². The van der Waals surface area contributed by atoms with Crippen LogP contribution < -0.4 is 5.32 Å². The van der Waals surface area contributed by atoms with Gasteiger partial charge in [0.15, 0.2) is 0 Å². The first kappa shape index (κ1) is 9.88. The van der Waals surface area contributed by atoms with E-state index in [9.17, 15) is 0 Å². The molecule has 1 N–H and O–H groups in total. The summed E-state index contributed by atoms with van der Waals surface area (Å²) in [6.07, 6.45) is 4.07. The van der Waals surface area contributed by atoms with Crippen molar-refractivity contribution in [2.24, 2.45) is 11.8 Å². The van der Waals surface area contributed by atoms with E-state index in [-0.39, 0.29) is 0 Å². The summed E-state index contributed by atoms with van der Waals surface area (Å²) in [5, 5.41) is 8.18. The fraction of sp³-hybridized carbons (Fsp3) is 0.750. The fourth-order valence-electron chi connectivity index (χ4n) is 3.41. The predicted octanol–water partition coefficient (Wildman–Crippen LogP) is 2.15. The van der Waals surface area contributed by atoms with E-state index < -0.39 is 0 Å². The van der Waals surface area contributed by atoms with Crippen molar-refractivity contribution < 1.29 is 0 Å². The van der Waals surface area contributed by atoms with Crippen LogP contribution in [-0.4, -0.2) is 22.9 Å². The minimum Gasteiger partial charge on any atom is -0.316 e. The summed E-state index contributed by atoms with van der Waals surface area (Å²) in [5.74, 6) is 2.63. The fourth-order valence-corrected chi connectivity index (χ4v) is 3.96. The lowest BCUT2D eigenvalue weighted by atomic mass is 9.93. The molecule has 0 bridgehead atoms. The zero-order chi connectivity index (χ0) is 10.7. The highest BCUT2D eigenvalue weighted by Gasteiger charge is 2.55. The Morgan fingerprint density at radius 1 is 1.31 bits per heavy atom. The smallest absolute Gasteiger partial charge is 0.123 e. The molecule has 3 atom stereocenters. The highest BCUT2D eigenvalue weighted by Crippen LogP contribution is 2.56. The Morgan fingerprint density at radius 3 is 2.69 bits per heavy atom. The van der Waals surface area contributed by atoms with Crippen molar-refractivity contribution in [3.05, 3.63) is 15.5 Å². The molecule has 0 spiro atoms. The molecule has 86 valence electrons. The molecule has 3 aliphatic rings. The molecule has 0 radical (unpaired) electrons. The first-order valence-corrected chi connectivity index (χ1v) is 7.38. The molecule has 16 heavy (non-hydrogen) atoms. The predicted molar refractivity (Wildman–Crippen MR) is 70.4 cm³/mol. The molecule has 1 aromatic heterocycles. The van der Waals surface area contributed by atoms with Crippen molar-refractivity contribution in [3.8, 4) is 0 Å². The lowest BCUT2D eigenvalue weighted by molar-refractivity contribution is 0.280. The first-order chi connectivity index (χ1) is 7.84. The van der Waals surface area contributed by atoms with Crippen molar-refractivity contribution in [3.63, 3.8) is 0 Å². The Morgan fingerprint density at radius 2 is 2.06 bits per heavy atom. The van der Waals surface area contributed by atoms with E-state index in [2.05, 4.69) is 38.7 Å². The maximum atomic E-state index is 4.70. The van der Waals surface area contributed by atoms with Crippen LogP contribution in [0.1, 0.15) is 36.9 Å². The molecule has 2 heterocycles. The number of halogens is 1. The van der Waals surface area contributed by atoms with Crippen LogP contribution in [0.4, 0.5) is 0 Å². The second-order valence-electron chi connectivity index (χ2n) is 5.43. The van der Waals surface area contributed by atoms with Gasteiger partial charge in [0.25, 0.3) is 0 Å². The van der Waals surface area contributed by atoms with Crippen LogP contribution in [0, 0.1) is 15.5 Å². The van der Waals surface area contributed by atoms with Crippen LogP contribution in [0.15, 0.2) is 6.07 Å². The highest BCUT2D eigenvalue weighted by atomic mass is 127. The largest absolute Gasteiger partial charge is 0.316 e. The van der Waals surface area contributed by atoms with Crippen LogP contribution in [0.25, 0.3) is 0 Å². The van der Waals surface area contributed by atoms with Gasteiger partial charge >= 0.3 is 0 Å². The Hall–Kier alpha value is -0.100. The lowest BCUT2D eigenvalue weighted by Gasteiger charge is -2.27. The molecule has 1 aromatic rings. The van der Waals surface area contributed by atoms with Crippen molar-refractivity contribution in [2.75, 3.05) is 13.1 Å². The minimum absolute atomic E-state index is 0.716. The van der Waals surface area contributed by atoms with E-state index in [1.807, 2.05) is 0 Å². The number of piperidine rings is 1. The normalized spacial score (nSPS) is 37.2. The van der Waals surface area contributed by atoms with Gasteiger partial charge in [-0.2, -0.15) is 5.10 Å². The van der Waals surface area contributed by atoms with Crippen molar-refractivity contribution in [1.29, 1.82) is 0 Å². The summed E-state index contributed by atoms with van der Waals surface area (Å²) in [7, 11) is 0. The van der Waals surface area contributed by atoms with Gasteiger partial charge in [-0.05, 0) is 72.8 Å². The van der Waals surface area contributed by atoms with E-state index in [4.69, 9.17) is 5.10 Å². The molecular weight excluding hydrogens is 313 g/mol. The molecule has 1 aliphatic heterocycles. The summed E-state index contributed by atoms with van der Waals surface area (Å²) in [5.41, 5.74) is 1.53. The summed E-state index contributed by atoms with van der Waals surface area (Å²) < 4.78 is 3.53. The van der Waals surface area contributed by atoms with Crippen LogP contribution in [-0.2, 0) is 0 Å². The third-order valence-corrected chi connectivity index (χ3v) is 5.12. The number of hydrogen-bond donors (Lipinski definition) is 1. The van der Waals surface area contributed by atoms with E-state index in [1.165, 1.54) is 41.7 Å². The van der Waals surface area contributed by atoms with Gasteiger partial charge in [-0.15, -0.1) is 0 Å². The average Bonchev–Trinajstić information content (AvgIpc) is 2.60. The molecule has 4 heteroatoms. The second-order valence-corrected chi connectivity index (χ2v) is 6.54. The molecule has 2 saturated carbocycles. The van der Waals surface area contributed by atoms with Crippen molar-refractivity contribution >= 4 is 22.6 Å². The topological polar surface area (TPSA) is 29.9 Å². The maximum Gasteiger partial charge on any atom is 0.123 e. The molecule has 4 rings (SSSR count). The Balaban J connectivity index is 1.66. The summed E-state index contributed by atoms with van der Waals surface area (Å²) >= 11 is 2.36. The number of nitrogens with zero attached hydrogens (tertiary/aromatic N) is 2. The zero-order valence-corrected chi connectivity index (χ0v) is 11.4. The van der Waals surface area contributed by atoms with Gasteiger partial charge in [-0.1, -0.05) is 0 Å². The number of fused-ring (bicyclic) bond motifs is 1. The van der Waals surface area contributed by atoms with Crippen LogP contribution in [0.5, 0.6) is 0 Å². The maximum absolute atomic E-state index is 4.70. The van der Waals surface area contributed by atoms with E-state index in [0.717, 1.165) is 17.8 Å². The Kier molecular flexibility index (Phi) is 2.13. The van der Waals surface area contributed by atoms with Gasteiger partial charge in [-0.25, -0.2) is 0 Å². The van der Waals surface area contributed by atoms with Crippen molar-refractivity contribution in [1.82, 2.24) is 15.1 Å².